The van der Waals surface area contributed by atoms with Gasteiger partial charge in [0, 0.05) is 52.0 Å². The average molecular weight is 1010 g/mol. The van der Waals surface area contributed by atoms with Gasteiger partial charge in [0.1, 0.15) is 30.9 Å². The molecule has 23 heteroatoms. The molecule has 0 spiro atoms. The van der Waals surface area contributed by atoms with Crippen LogP contribution in [0.25, 0.3) is 33.4 Å². The summed E-state index contributed by atoms with van der Waals surface area (Å²) in [6.07, 6.45) is 0. The lowest BCUT2D eigenvalue weighted by atomic mass is 9.93. The highest BCUT2D eigenvalue weighted by Gasteiger charge is 2.35. The van der Waals surface area contributed by atoms with Crippen LogP contribution in [0, 0.1) is 41.5 Å². The van der Waals surface area contributed by atoms with Gasteiger partial charge in [-0.25, -0.2) is 13.4 Å². The fourth-order valence-electron chi connectivity index (χ4n) is 8.73. The lowest BCUT2D eigenvalue weighted by Gasteiger charge is -2.30. The van der Waals surface area contributed by atoms with E-state index in [0.29, 0.717) is 11.1 Å². The van der Waals surface area contributed by atoms with E-state index in [0.717, 1.165) is 24.3 Å². The van der Waals surface area contributed by atoms with E-state index in [1.54, 1.807) is 41.5 Å². The van der Waals surface area contributed by atoms with Gasteiger partial charge < -0.3 is 9.73 Å². The summed E-state index contributed by atoms with van der Waals surface area (Å²) >= 11 is 0. The normalized spacial score (nSPS) is 13.5. The van der Waals surface area contributed by atoms with Gasteiger partial charge in [0.2, 0.25) is 10.0 Å². The molecular formula is C43H47N3O15S5. The Hall–Kier alpha value is -5.08. The third-order valence-electron chi connectivity index (χ3n) is 11.0. The van der Waals surface area contributed by atoms with E-state index in [1.165, 1.54) is 68.4 Å². The molecule has 4 aromatic rings. The van der Waals surface area contributed by atoms with Crippen molar-refractivity contribution in [2.75, 3.05) is 5.32 Å². The number of rotatable bonds is 12. The first-order chi connectivity index (χ1) is 30.2. The number of nitrogens with zero attached hydrogens (tertiary/aromatic N) is 2. The van der Waals surface area contributed by atoms with Gasteiger partial charge in [-0.3, -0.25) is 18.2 Å². The molecule has 0 amide bonds. The van der Waals surface area contributed by atoms with Crippen LogP contribution >= 0.6 is 0 Å². The summed E-state index contributed by atoms with van der Waals surface area (Å²) in [5.41, 5.74) is -0.188. The highest BCUT2D eigenvalue weighted by molar-refractivity contribution is 7.89. The van der Waals surface area contributed by atoms with Crippen molar-refractivity contribution in [3.05, 3.63) is 99.4 Å². The van der Waals surface area contributed by atoms with Crippen LogP contribution in [-0.4, -0.2) is 76.7 Å². The lowest BCUT2D eigenvalue weighted by Crippen LogP contribution is -2.42. The van der Waals surface area contributed by atoms with Crippen LogP contribution in [0.5, 0.6) is 0 Å². The molecule has 18 nitrogen and oxygen atoms in total. The second kappa shape index (κ2) is 17.2. The number of anilines is 2. The van der Waals surface area contributed by atoms with E-state index >= 15 is 0 Å². The SMILES string of the molecule is Cc1cc(C)c(S(=O)(=O)O)c(C)c1N=c1cc2oc3cc(Nc4c(C)cc(C)c(S(=O)(=O)O)c4C)c(S(=O)(=O)O)cc3c(-c3ccccc3S(=O)(=O)N(C(C)C)C(C)C)c-2cc1S(=O)(=O)O. The van der Waals surface area contributed by atoms with Crippen molar-refractivity contribution in [1.29, 1.82) is 0 Å². The van der Waals surface area contributed by atoms with Crippen molar-refractivity contribution < 1.29 is 64.7 Å². The largest absolute Gasteiger partial charge is 0.456 e. The number of fused-ring (bicyclic) bond motifs is 2. The summed E-state index contributed by atoms with van der Waals surface area (Å²) in [6.45, 7) is 15.3. The molecule has 0 bridgehead atoms. The Balaban J connectivity index is 1.87. The van der Waals surface area contributed by atoms with Gasteiger partial charge in [-0.2, -0.15) is 38.0 Å². The number of nitrogens with one attached hydrogen (secondary N) is 1. The molecule has 66 heavy (non-hydrogen) atoms. The maximum Gasteiger partial charge on any atom is 0.296 e. The van der Waals surface area contributed by atoms with Gasteiger partial charge in [-0.15, -0.1) is 0 Å². The van der Waals surface area contributed by atoms with Crippen LogP contribution in [0.1, 0.15) is 61.1 Å². The topological polar surface area (TPSA) is 292 Å². The number of sulfonamides is 1. The molecule has 0 fully saturated rings. The molecule has 0 saturated heterocycles. The fraction of sp³-hybridized carbons (Fsp3) is 0.279. The standard InChI is InChI=1S/C43H47N3O15S5/c1-21(2)46(22(3)4)62(47,48)36-14-12-11-13-29(36)39-30-17-37(63(49,50)51)32(44-40-23(5)15-25(7)42(27(40)9)65(55,56)57)19-34(30)61-35-20-33(38(18-31(35)39)64(52,53)54)45-41-24(6)16-26(8)43(28(41)10)66(58,59)60/h11-22,44H,1-10H3,(H,49,50,51)(H,52,53,54)(H,55,56,57)(H,58,59,60). The van der Waals surface area contributed by atoms with Crippen LogP contribution in [0.15, 0.2) is 94.6 Å². The highest BCUT2D eigenvalue weighted by Crippen LogP contribution is 2.46. The second-order valence-electron chi connectivity index (χ2n) is 16.4. The number of hydrogen-bond donors (Lipinski definition) is 5. The van der Waals surface area contributed by atoms with E-state index in [4.69, 9.17) is 4.42 Å². The van der Waals surface area contributed by atoms with Crippen LogP contribution in [0.4, 0.5) is 17.1 Å². The molecule has 0 atom stereocenters. The van der Waals surface area contributed by atoms with Crippen molar-refractivity contribution >= 4 is 78.5 Å². The maximum absolute atomic E-state index is 14.7. The van der Waals surface area contributed by atoms with Gasteiger partial charge in [0.25, 0.3) is 40.5 Å². The number of aryl methyl sites for hydroxylation is 4. The minimum Gasteiger partial charge on any atom is -0.456 e. The molecule has 2 aliphatic rings. The number of hydrogen-bond acceptors (Lipinski definition) is 13. The summed E-state index contributed by atoms with van der Waals surface area (Å²) in [5, 5.41) is 2.16. The summed E-state index contributed by atoms with van der Waals surface area (Å²) in [4.78, 5) is 1.50. The van der Waals surface area contributed by atoms with E-state index in [-0.39, 0.29) is 77.6 Å². The Morgan fingerprint density at radius 3 is 1.64 bits per heavy atom. The quantitative estimate of drug-likeness (QED) is 0.0576. The Morgan fingerprint density at radius 1 is 0.576 bits per heavy atom. The van der Waals surface area contributed by atoms with E-state index in [9.17, 15) is 60.3 Å². The molecule has 0 radical (unpaired) electrons. The predicted molar refractivity (Wildman–Crippen MR) is 247 cm³/mol. The first-order valence-electron chi connectivity index (χ1n) is 19.8. The molecule has 0 aromatic heterocycles. The summed E-state index contributed by atoms with van der Waals surface area (Å²) in [5.74, 6) is -0.236. The predicted octanol–water partition coefficient (Wildman–Crippen LogP) is 7.83. The summed E-state index contributed by atoms with van der Waals surface area (Å²) < 4.78 is 182. The monoisotopic (exact) mass is 1010 g/mol. The summed E-state index contributed by atoms with van der Waals surface area (Å²) in [6, 6.07) is 11.3. The van der Waals surface area contributed by atoms with Gasteiger partial charge in [-0.05, 0) is 121 Å². The van der Waals surface area contributed by atoms with Crippen LogP contribution in [0.3, 0.4) is 0 Å². The van der Waals surface area contributed by atoms with Crippen LogP contribution < -0.4 is 10.7 Å². The Morgan fingerprint density at radius 2 is 1.11 bits per heavy atom. The van der Waals surface area contributed by atoms with Gasteiger partial charge in [0.15, 0.2) is 0 Å². The smallest absolute Gasteiger partial charge is 0.296 e. The molecular weight excluding hydrogens is 959 g/mol. The molecule has 1 aliphatic carbocycles. The zero-order valence-electron chi connectivity index (χ0n) is 37.1. The molecule has 5 N–H and O–H groups in total. The third-order valence-corrected chi connectivity index (χ3v) is 17.3. The van der Waals surface area contributed by atoms with E-state index < -0.39 is 87.5 Å². The molecule has 6 rings (SSSR count). The van der Waals surface area contributed by atoms with Crippen molar-refractivity contribution in [2.24, 2.45) is 4.99 Å². The molecule has 0 saturated carbocycles. The van der Waals surface area contributed by atoms with Gasteiger partial charge in [-0.1, -0.05) is 30.3 Å². The van der Waals surface area contributed by atoms with Gasteiger partial charge in [0.05, 0.1) is 21.6 Å². The highest BCUT2D eigenvalue weighted by atomic mass is 32.2. The molecule has 1 aliphatic heterocycles. The van der Waals surface area contributed by atoms with Crippen molar-refractivity contribution in [2.45, 2.75) is 106 Å². The molecule has 4 aromatic carbocycles. The maximum atomic E-state index is 14.7. The average Bonchev–Trinajstić information content (AvgIpc) is 3.14. The Kier molecular flexibility index (Phi) is 13.1. The zero-order chi connectivity index (χ0) is 49.5. The lowest BCUT2D eigenvalue weighted by molar-refractivity contribution is 0.302. The third kappa shape index (κ3) is 9.28. The van der Waals surface area contributed by atoms with Crippen molar-refractivity contribution in [1.82, 2.24) is 4.31 Å². The van der Waals surface area contributed by atoms with E-state index in [1.807, 2.05) is 0 Å². The Bertz CT molecular complexity index is 3650. The molecule has 1 heterocycles. The zero-order valence-corrected chi connectivity index (χ0v) is 41.2. The van der Waals surface area contributed by atoms with Crippen LogP contribution in [-0.2, 0) is 50.5 Å². The fourth-order valence-corrected chi connectivity index (χ4v) is 14.0. The first-order valence-corrected chi connectivity index (χ1v) is 27.0. The van der Waals surface area contributed by atoms with Crippen LogP contribution in [0.2, 0.25) is 0 Å². The molecule has 0 unspecified atom stereocenters. The van der Waals surface area contributed by atoms with Gasteiger partial charge >= 0.3 is 0 Å². The Labute approximate surface area is 383 Å². The molecule has 354 valence electrons. The first kappa shape index (κ1) is 50.3. The van der Waals surface area contributed by atoms with Crippen molar-refractivity contribution in [3.8, 4) is 22.5 Å². The second-order valence-corrected chi connectivity index (χ2v) is 23.8. The summed E-state index contributed by atoms with van der Waals surface area (Å²) in [7, 11) is -24.6. The number of benzene rings is 5. The minimum atomic E-state index is -5.28. The van der Waals surface area contributed by atoms with Crippen molar-refractivity contribution in [3.63, 3.8) is 0 Å². The minimum absolute atomic E-state index is 0.0179. The van der Waals surface area contributed by atoms with E-state index in [2.05, 4.69) is 10.3 Å².